The minimum absolute atomic E-state index is 0.0374. The highest BCUT2D eigenvalue weighted by Crippen LogP contribution is 2.52. The Labute approximate surface area is 124 Å². The van der Waals surface area contributed by atoms with E-state index < -0.39 is 11.6 Å². The molecule has 112 valence electrons. The van der Waals surface area contributed by atoms with Gasteiger partial charge in [0, 0.05) is 5.56 Å². The molecule has 0 heterocycles. The number of halogens is 2. The van der Waals surface area contributed by atoms with Gasteiger partial charge in [0.25, 0.3) is 0 Å². The van der Waals surface area contributed by atoms with Gasteiger partial charge < -0.3 is 4.74 Å². The molecule has 0 saturated heterocycles. The third kappa shape index (κ3) is 2.29. The second-order valence-electron chi connectivity index (χ2n) is 5.88. The Balaban J connectivity index is 1.91. The van der Waals surface area contributed by atoms with E-state index in [2.05, 4.69) is 18.2 Å². The molecule has 0 bridgehead atoms. The largest absolute Gasteiger partial charge is 0.494 e. The number of benzene rings is 1. The zero-order valence-corrected chi connectivity index (χ0v) is 12.4. The Hall–Kier alpha value is -1.64. The minimum atomic E-state index is -0.887. The second-order valence-corrected chi connectivity index (χ2v) is 5.88. The van der Waals surface area contributed by atoms with Gasteiger partial charge in [0.15, 0.2) is 11.6 Å². The summed E-state index contributed by atoms with van der Waals surface area (Å²) in [5.41, 5.74) is 1.38. The average molecular weight is 290 g/mol. The molecule has 0 radical (unpaired) electrons. The van der Waals surface area contributed by atoms with Gasteiger partial charge >= 0.3 is 0 Å². The molecular formula is C18H20F2O. The topological polar surface area (TPSA) is 9.23 Å². The summed E-state index contributed by atoms with van der Waals surface area (Å²) in [6.45, 7) is 2.04. The zero-order chi connectivity index (χ0) is 15.0. The van der Waals surface area contributed by atoms with Gasteiger partial charge in [0.2, 0.25) is 5.82 Å². The fourth-order valence-electron chi connectivity index (χ4n) is 3.95. The molecule has 2 aliphatic rings. The number of fused-ring (bicyclic) bond motifs is 1. The van der Waals surface area contributed by atoms with Crippen molar-refractivity contribution in [3.63, 3.8) is 0 Å². The number of methoxy groups -OCH3 is 1. The molecule has 0 aromatic heterocycles. The van der Waals surface area contributed by atoms with Crippen molar-refractivity contribution >= 4 is 5.57 Å². The number of allylic oxidation sites excluding steroid dienone is 4. The van der Waals surface area contributed by atoms with Crippen LogP contribution in [0.25, 0.3) is 5.57 Å². The van der Waals surface area contributed by atoms with E-state index in [4.69, 9.17) is 4.74 Å². The Kier molecular flexibility index (Phi) is 3.83. The summed E-state index contributed by atoms with van der Waals surface area (Å²) < 4.78 is 33.0. The van der Waals surface area contributed by atoms with Crippen molar-refractivity contribution in [1.82, 2.24) is 0 Å². The molecule has 1 fully saturated rings. The quantitative estimate of drug-likeness (QED) is 0.713. The van der Waals surface area contributed by atoms with Crippen LogP contribution in [0.15, 0.2) is 30.4 Å². The van der Waals surface area contributed by atoms with Gasteiger partial charge in [-0.25, -0.2) is 4.39 Å². The van der Waals surface area contributed by atoms with E-state index in [9.17, 15) is 8.78 Å². The van der Waals surface area contributed by atoms with Crippen molar-refractivity contribution in [3.8, 4) is 5.75 Å². The highest BCUT2D eigenvalue weighted by molar-refractivity contribution is 5.71. The van der Waals surface area contributed by atoms with E-state index in [0.29, 0.717) is 23.3 Å². The monoisotopic (exact) mass is 290 g/mol. The summed E-state index contributed by atoms with van der Waals surface area (Å²) in [6.07, 6.45) is 9.60. The molecule has 0 N–H and O–H groups in total. The van der Waals surface area contributed by atoms with Crippen LogP contribution in [0.1, 0.15) is 31.7 Å². The molecule has 2 aliphatic carbocycles. The minimum Gasteiger partial charge on any atom is -0.494 e. The van der Waals surface area contributed by atoms with Crippen LogP contribution in [0.4, 0.5) is 8.78 Å². The van der Waals surface area contributed by atoms with Crippen LogP contribution in [-0.4, -0.2) is 7.11 Å². The molecular weight excluding hydrogens is 270 g/mol. The predicted molar refractivity (Wildman–Crippen MR) is 80.0 cm³/mol. The Morgan fingerprint density at radius 2 is 2.00 bits per heavy atom. The standard InChI is InChI=1S/C18H20F2O/c1-3-4-11-5-6-13-12(11)7-8-14(13)15-9-10-16(21-2)18(20)17(15)19/h3-4,8-13H,5-7H2,1-2H3/b4-3+. The SMILES string of the molecule is C/C=C/C1CCC2C(c3ccc(OC)c(F)c3F)=CCC12. The van der Waals surface area contributed by atoms with Gasteiger partial charge in [-0.15, -0.1) is 0 Å². The van der Waals surface area contributed by atoms with E-state index in [-0.39, 0.29) is 5.75 Å². The van der Waals surface area contributed by atoms with E-state index in [1.54, 1.807) is 6.07 Å². The molecule has 3 atom stereocenters. The predicted octanol–water partition coefficient (Wildman–Crippen LogP) is 4.98. The van der Waals surface area contributed by atoms with Gasteiger partial charge in [-0.2, -0.15) is 4.39 Å². The number of ether oxygens (including phenoxy) is 1. The van der Waals surface area contributed by atoms with Gasteiger partial charge in [-0.05, 0) is 61.6 Å². The zero-order valence-electron chi connectivity index (χ0n) is 12.4. The maximum atomic E-state index is 14.3. The fourth-order valence-corrected chi connectivity index (χ4v) is 3.95. The first-order valence-corrected chi connectivity index (χ1v) is 7.52. The third-order valence-corrected chi connectivity index (χ3v) is 4.90. The van der Waals surface area contributed by atoms with Crippen molar-refractivity contribution in [1.29, 1.82) is 0 Å². The molecule has 3 rings (SSSR count). The molecule has 1 aromatic rings. The highest BCUT2D eigenvalue weighted by Gasteiger charge is 2.40. The summed E-state index contributed by atoms with van der Waals surface area (Å²) in [6, 6.07) is 3.16. The average Bonchev–Trinajstić information content (AvgIpc) is 3.06. The van der Waals surface area contributed by atoms with Crippen molar-refractivity contribution in [2.24, 2.45) is 17.8 Å². The van der Waals surface area contributed by atoms with E-state index in [1.165, 1.54) is 13.2 Å². The summed E-state index contributed by atoms with van der Waals surface area (Å²) >= 11 is 0. The molecule has 1 saturated carbocycles. The van der Waals surface area contributed by atoms with Gasteiger partial charge in [0.05, 0.1) is 7.11 Å². The van der Waals surface area contributed by atoms with E-state index >= 15 is 0 Å². The van der Waals surface area contributed by atoms with Crippen LogP contribution >= 0.6 is 0 Å². The Bertz CT molecular complexity index is 603. The molecule has 0 amide bonds. The first-order valence-electron chi connectivity index (χ1n) is 7.52. The second kappa shape index (κ2) is 5.63. The van der Waals surface area contributed by atoms with Crippen LogP contribution in [0.3, 0.4) is 0 Å². The first-order chi connectivity index (χ1) is 10.2. The lowest BCUT2D eigenvalue weighted by atomic mass is 9.86. The maximum absolute atomic E-state index is 14.3. The van der Waals surface area contributed by atoms with Crippen LogP contribution in [-0.2, 0) is 0 Å². The molecule has 1 aromatic carbocycles. The van der Waals surface area contributed by atoms with Crippen molar-refractivity contribution < 1.29 is 13.5 Å². The van der Waals surface area contributed by atoms with Crippen LogP contribution in [0, 0.1) is 29.4 Å². The first kappa shape index (κ1) is 14.3. The lowest BCUT2D eigenvalue weighted by Crippen LogP contribution is -2.10. The number of hydrogen-bond donors (Lipinski definition) is 0. The number of rotatable bonds is 3. The molecule has 3 unspecified atom stereocenters. The van der Waals surface area contributed by atoms with Crippen LogP contribution < -0.4 is 4.74 Å². The molecule has 1 nitrogen and oxygen atoms in total. The van der Waals surface area contributed by atoms with E-state index in [1.807, 2.05) is 6.92 Å². The van der Waals surface area contributed by atoms with Crippen LogP contribution in [0.2, 0.25) is 0 Å². The molecule has 3 heteroatoms. The van der Waals surface area contributed by atoms with Crippen molar-refractivity contribution in [2.75, 3.05) is 7.11 Å². The van der Waals surface area contributed by atoms with Gasteiger partial charge in [0.1, 0.15) is 0 Å². The molecule has 21 heavy (non-hydrogen) atoms. The van der Waals surface area contributed by atoms with Crippen molar-refractivity contribution in [3.05, 3.63) is 47.6 Å². The maximum Gasteiger partial charge on any atom is 0.201 e. The van der Waals surface area contributed by atoms with Crippen LogP contribution in [0.5, 0.6) is 5.75 Å². The number of hydrogen-bond acceptors (Lipinski definition) is 1. The van der Waals surface area contributed by atoms with Crippen molar-refractivity contribution in [2.45, 2.75) is 26.2 Å². The smallest absolute Gasteiger partial charge is 0.201 e. The summed E-state index contributed by atoms with van der Waals surface area (Å²) in [5.74, 6) is -0.239. The lowest BCUT2D eigenvalue weighted by molar-refractivity contribution is 0.371. The summed E-state index contributed by atoms with van der Waals surface area (Å²) in [4.78, 5) is 0. The van der Waals surface area contributed by atoms with Gasteiger partial charge in [-0.1, -0.05) is 18.2 Å². The third-order valence-electron chi connectivity index (χ3n) is 4.90. The van der Waals surface area contributed by atoms with Gasteiger partial charge in [-0.3, -0.25) is 0 Å². The molecule has 0 aliphatic heterocycles. The lowest BCUT2D eigenvalue weighted by Gasteiger charge is -2.18. The Morgan fingerprint density at radius 3 is 2.71 bits per heavy atom. The Morgan fingerprint density at radius 1 is 1.19 bits per heavy atom. The summed E-state index contributed by atoms with van der Waals surface area (Å²) in [7, 11) is 1.35. The summed E-state index contributed by atoms with van der Waals surface area (Å²) in [5, 5.41) is 0. The highest BCUT2D eigenvalue weighted by atomic mass is 19.2. The fraction of sp³-hybridized carbons (Fsp3) is 0.444. The normalized spacial score (nSPS) is 28.0. The van der Waals surface area contributed by atoms with E-state index in [0.717, 1.165) is 24.8 Å². The molecule has 0 spiro atoms.